The maximum absolute atomic E-state index is 13.1. The summed E-state index contributed by atoms with van der Waals surface area (Å²) in [5.41, 5.74) is 2.82. The smallest absolute Gasteiger partial charge is 0.251 e. The Bertz CT molecular complexity index is 669. The molecule has 0 atom stereocenters. The number of amides is 1. The minimum absolute atomic E-state index is 0.0836. The molecule has 1 aliphatic heterocycles. The van der Waals surface area contributed by atoms with E-state index in [1.54, 1.807) is 6.07 Å². The molecule has 1 heterocycles. The monoisotopic (exact) mass is 347 g/mol. The van der Waals surface area contributed by atoms with Crippen LogP contribution < -0.4 is 5.32 Å². The van der Waals surface area contributed by atoms with Crippen molar-refractivity contribution in [3.8, 4) is 0 Å². The predicted octanol–water partition coefficient (Wildman–Crippen LogP) is 4.28. The lowest BCUT2D eigenvalue weighted by atomic mass is 10.1. The highest BCUT2D eigenvalue weighted by molar-refractivity contribution is 8.19. The van der Waals surface area contributed by atoms with Gasteiger partial charge in [-0.15, -0.1) is 23.5 Å². The van der Waals surface area contributed by atoms with Gasteiger partial charge in [-0.2, -0.15) is 0 Å². The molecule has 1 amide bonds. The number of nitrogens with one attached hydrogen (secondary N) is 1. The highest BCUT2D eigenvalue weighted by Gasteiger charge is 2.18. The Hall–Kier alpha value is -1.46. The van der Waals surface area contributed by atoms with Crippen LogP contribution in [0.1, 0.15) is 26.1 Å². The van der Waals surface area contributed by atoms with Crippen molar-refractivity contribution in [3.63, 3.8) is 0 Å². The second-order valence-electron chi connectivity index (χ2n) is 5.33. The van der Waals surface area contributed by atoms with Crippen molar-refractivity contribution in [1.82, 2.24) is 5.32 Å². The molecule has 1 fully saturated rings. The van der Waals surface area contributed by atoms with Crippen LogP contribution in [0.3, 0.4) is 0 Å². The minimum Gasteiger partial charge on any atom is -0.352 e. The van der Waals surface area contributed by atoms with Crippen molar-refractivity contribution >= 4 is 29.4 Å². The maximum Gasteiger partial charge on any atom is 0.251 e. The molecule has 0 spiro atoms. The van der Waals surface area contributed by atoms with Crippen LogP contribution in [0.2, 0.25) is 0 Å². The van der Waals surface area contributed by atoms with E-state index in [0.29, 0.717) is 23.1 Å². The van der Waals surface area contributed by atoms with Gasteiger partial charge in [0.1, 0.15) is 5.82 Å². The van der Waals surface area contributed by atoms with Crippen LogP contribution in [-0.2, 0) is 6.42 Å². The van der Waals surface area contributed by atoms with Crippen molar-refractivity contribution < 1.29 is 9.18 Å². The van der Waals surface area contributed by atoms with Crippen molar-refractivity contribution in [2.75, 3.05) is 18.1 Å². The van der Waals surface area contributed by atoms with E-state index in [0.717, 1.165) is 5.56 Å². The highest BCUT2D eigenvalue weighted by atomic mass is 32.2. The summed E-state index contributed by atoms with van der Waals surface area (Å²) in [6, 6.07) is 14.3. The number of thioether (sulfide) groups is 2. The zero-order valence-electron chi connectivity index (χ0n) is 12.6. The Morgan fingerprint density at radius 1 is 1.13 bits per heavy atom. The number of carbonyl (C=O) groups excluding carboxylic acids is 1. The summed E-state index contributed by atoms with van der Waals surface area (Å²) in [5.74, 6) is 2.06. The fourth-order valence-corrected chi connectivity index (χ4v) is 5.32. The van der Waals surface area contributed by atoms with E-state index in [4.69, 9.17) is 0 Å². The maximum atomic E-state index is 13.1. The molecule has 1 aliphatic rings. The lowest BCUT2D eigenvalue weighted by Gasteiger charge is -2.09. The van der Waals surface area contributed by atoms with Crippen LogP contribution in [0.25, 0.3) is 0 Å². The molecule has 0 radical (unpaired) electrons. The van der Waals surface area contributed by atoms with Crippen LogP contribution in [0, 0.1) is 5.82 Å². The van der Waals surface area contributed by atoms with Gasteiger partial charge in [-0.1, -0.05) is 24.3 Å². The summed E-state index contributed by atoms with van der Waals surface area (Å²) in [4.78, 5) is 12.1. The first-order valence-corrected chi connectivity index (χ1v) is 9.68. The van der Waals surface area contributed by atoms with Crippen molar-refractivity contribution in [1.29, 1.82) is 0 Å². The van der Waals surface area contributed by atoms with Gasteiger partial charge in [-0.05, 0) is 41.8 Å². The minimum atomic E-state index is -0.243. The molecule has 1 N–H and O–H groups in total. The van der Waals surface area contributed by atoms with Gasteiger partial charge in [-0.25, -0.2) is 4.39 Å². The van der Waals surface area contributed by atoms with E-state index < -0.39 is 0 Å². The van der Waals surface area contributed by atoms with Gasteiger partial charge in [0.05, 0.1) is 4.58 Å². The molecular formula is C18H18FNOS2. The number of hydrogen-bond acceptors (Lipinski definition) is 3. The zero-order valence-corrected chi connectivity index (χ0v) is 14.3. The molecule has 1 saturated heterocycles. The second kappa shape index (κ2) is 7.88. The first kappa shape index (κ1) is 16.4. The Kier molecular flexibility index (Phi) is 5.62. The third kappa shape index (κ3) is 4.52. The van der Waals surface area contributed by atoms with Crippen LogP contribution in [0.5, 0.6) is 0 Å². The molecule has 0 aliphatic carbocycles. The SMILES string of the molecule is O=C(NCCc1cccc(F)c1)c1ccc(C2SCCS2)cc1. The summed E-state index contributed by atoms with van der Waals surface area (Å²) < 4.78 is 13.6. The van der Waals surface area contributed by atoms with E-state index in [9.17, 15) is 9.18 Å². The van der Waals surface area contributed by atoms with Gasteiger partial charge in [0, 0.05) is 23.6 Å². The van der Waals surface area contributed by atoms with Crippen LogP contribution in [-0.4, -0.2) is 24.0 Å². The molecule has 0 bridgehead atoms. The Labute approximate surface area is 144 Å². The number of benzene rings is 2. The quantitative estimate of drug-likeness (QED) is 0.875. The van der Waals surface area contributed by atoms with Crippen LogP contribution in [0.4, 0.5) is 4.39 Å². The summed E-state index contributed by atoms with van der Waals surface area (Å²) >= 11 is 3.91. The number of rotatable bonds is 5. The number of carbonyl (C=O) groups is 1. The van der Waals surface area contributed by atoms with Gasteiger partial charge in [-0.3, -0.25) is 4.79 Å². The van der Waals surface area contributed by atoms with Gasteiger partial charge >= 0.3 is 0 Å². The average Bonchev–Trinajstić information content (AvgIpc) is 3.09. The standard InChI is InChI=1S/C18H18FNOS2/c19-16-3-1-2-13(12-16)8-9-20-17(21)14-4-6-15(7-5-14)18-22-10-11-23-18/h1-7,12,18H,8-11H2,(H,20,21). The third-order valence-corrected chi connectivity index (χ3v) is 6.76. The Morgan fingerprint density at radius 3 is 2.57 bits per heavy atom. The average molecular weight is 347 g/mol. The van der Waals surface area contributed by atoms with E-state index in [-0.39, 0.29) is 11.7 Å². The fourth-order valence-electron chi connectivity index (χ4n) is 2.46. The summed E-state index contributed by atoms with van der Waals surface area (Å²) in [6.45, 7) is 0.498. The molecule has 0 saturated carbocycles. The van der Waals surface area contributed by atoms with E-state index in [2.05, 4.69) is 5.32 Å². The topological polar surface area (TPSA) is 29.1 Å². The van der Waals surface area contributed by atoms with Gasteiger partial charge in [0.2, 0.25) is 0 Å². The summed E-state index contributed by atoms with van der Waals surface area (Å²) in [6.07, 6.45) is 0.622. The van der Waals surface area contributed by atoms with Gasteiger partial charge < -0.3 is 5.32 Å². The third-order valence-electron chi connectivity index (χ3n) is 3.66. The fraction of sp³-hybridized carbons (Fsp3) is 0.278. The highest BCUT2D eigenvalue weighted by Crippen LogP contribution is 2.45. The van der Waals surface area contributed by atoms with Gasteiger partial charge in [0.25, 0.3) is 5.91 Å². The lowest BCUT2D eigenvalue weighted by Crippen LogP contribution is -2.25. The number of halogens is 1. The van der Waals surface area contributed by atoms with Crippen molar-refractivity contribution in [2.45, 2.75) is 11.0 Å². The van der Waals surface area contributed by atoms with E-state index in [1.165, 1.54) is 29.2 Å². The predicted molar refractivity (Wildman–Crippen MR) is 96.5 cm³/mol. The molecule has 5 heteroatoms. The van der Waals surface area contributed by atoms with Crippen molar-refractivity contribution in [3.05, 3.63) is 71.0 Å². The van der Waals surface area contributed by atoms with E-state index >= 15 is 0 Å². The first-order valence-electron chi connectivity index (χ1n) is 7.58. The molecule has 0 unspecified atom stereocenters. The zero-order chi connectivity index (χ0) is 16.1. The van der Waals surface area contributed by atoms with Crippen molar-refractivity contribution in [2.24, 2.45) is 0 Å². The summed E-state index contributed by atoms with van der Waals surface area (Å²) in [5, 5.41) is 2.88. The van der Waals surface area contributed by atoms with Crippen LogP contribution >= 0.6 is 23.5 Å². The molecular weight excluding hydrogens is 329 g/mol. The van der Waals surface area contributed by atoms with Crippen LogP contribution in [0.15, 0.2) is 48.5 Å². The van der Waals surface area contributed by atoms with Gasteiger partial charge in [0.15, 0.2) is 0 Å². The molecule has 120 valence electrons. The largest absolute Gasteiger partial charge is 0.352 e. The summed E-state index contributed by atoms with van der Waals surface area (Å²) in [7, 11) is 0. The molecule has 2 aromatic carbocycles. The second-order valence-corrected chi connectivity index (χ2v) is 8.06. The molecule has 0 aromatic heterocycles. The molecule has 23 heavy (non-hydrogen) atoms. The Morgan fingerprint density at radius 2 is 1.87 bits per heavy atom. The molecule has 2 nitrogen and oxygen atoms in total. The molecule has 3 rings (SSSR count). The normalized spacial score (nSPS) is 14.8. The lowest BCUT2D eigenvalue weighted by molar-refractivity contribution is 0.0954. The Balaban J connectivity index is 1.51. The van der Waals surface area contributed by atoms with E-state index in [1.807, 2.05) is 53.9 Å². The number of hydrogen-bond donors (Lipinski definition) is 1. The molecule has 2 aromatic rings. The first-order chi connectivity index (χ1) is 11.2.